The minimum absolute atomic E-state index is 0.132. The maximum absolute atomic E-state index is 12.8. The fourth-order valence-corrected chi connectivity index (χ4v) is 5.58. The summed E-state index contributed by atoms with van der Waals surface area (Å²) in [7, 11) is -2.14. The van der Waals surface area contributed by atoms with E-state index >= 15 is 0 Å². The number of thiazole rings is 1. The van der Waals surface area contributed by atoms with E-state index in [2.05, 4.69) is 26.2 Å². The van der Waals surface area contributed by atoms with Gasteiger partial charge in [0.2, 0.25) is 10.0 Å². The zero-order valence-corrected chi connectivity index (χ0v) is 19.7. The molecule has 9 heteroatoms. The molecule has 4 aromatic rings. The third kappa shape index (κ3) is 4.85. The maximum atomic E-state index is 12.8. The normalized spacial score (nSPS) is 11.7. The van der Waals surface area contributed by atoms with Crippen LogP contribution in [0.15, 0.2) is 82.2 Å². The van der Waals surface area contributed by atoms with Crippen LogP contribution in [0.1, 0.15) is 15.9 Å². The van der Waals surface area contributed by atoms with Gasteiger partial charge in [-0.25, -0.2) is 13.4 Å². The van der Waals surface area contributed by atoms with Gasteiger partial charge in [-0.3, -0.25) is 10.1 Å². The number of rotatable bonds is 6. The van der Waals surface area contributed by atoms with E-state index in [0.717, 1.165) is 20.3 Å². The molecule has 0 atom stereocenters. The third-order valence-corrected chi connectivity index (χ3v) is 7.89. The van der Waals surface area contributed by atoms with Crippen LogP contribution in [0, 0.1) is 0 Å². The number of nitrogens with one attached hydrogen (secondary N) is 1. The van der Waals surface area contributed by atoms with E-state index in [-0.39, 0.29) is 17.3 Å². The van der Waals surface area contributed by atoms with Gasteiger partial charge < -0.3 is 0 Å². The number of aromatic nitrogens is 1. The van der Waals surface area contributed by atoms with Crippen LogP contribution >= 0.6 is 27.3 Å². The number of fused-ring (bicyclic) bond motifs is 1. The lowest BCUT2D eigenvalue weighted by Gasteiger charge is -2.17. The van der Waals surface area contributed by atoms with Gasteiger partial charge in [-0.2, -0.15) is 4.31 Å². The Balaban J connectivity index is 1.48. The number of sulfonamides is 1. The average Bonchev–Trinajstić information content (AvgIpc) is 3.15. The summed E-state index contributed by atoms with van der Waals surface area (Å²) in [5, 5.41) is 3.26. The Labute approximate surface area is 192 Å². The topological polar surface area (TPSA) is 79.4 Å². The molecule has 0 bridgehead atoms. The van der Waals surface area contributed by atoms with E-state index in [0.29, 0.717) is 10.7 Å². The van der Waals surface area contributed by atoms with Crippen LogP contribution in [-0.2, 0) is 16.6 Å². The number of carbonyl (C=O) groups is 1. The molecule has 1 amide bonds. The number of benzene rings is 3. The van der Waals surface area contributed by atoms with Crippen LogP contribution in [0.4, 0.5) is 5.13 Å². The smallest absolute Gasteiger partial charge is 0.257 e. The summed E-state index contributed by atoms with van der Waals surface area (Å²) >= 11 is 4.79. The molecule has 0 fully saturated rings. The molecular formula is C22H18BrN3O3S2. The summed E-state index contributed by atoms with van der Waals surface area (Å²) in [4.78, 5) is 17.1. The first-order valence-electron chi connectivity index (χ1n) is 9.31. The fourth-order valence-electron chi connectivity index (χ4n) is 3.00. The molecule has 3 aromatic carbocycles. The molecule has 1 heterocycles. The van der Waals surface area contributed by atoms with Crippen LogP contribution in [0.2, 0.25) is 0 Å². The summed E-state index contributed by atoms with van der Waals surface area (Å²) in [5.74, 6) is -0.347. The zero-order chi connectivity index (χ0) is 22.0. The highest BCUT2D eigenvalue weighted by molar-refractivity contribution is 9.10. The second-order valence-electron chi connectivity index (χ2n) is 6.86. The summed E-state index contributed by atoms with van der Waals surface area (Å²) in [6.45, 7) is 0.263. The van der Waals surface area contributed by atoms with Gasteiger partial charge in [0.25, 0.3) is 5.91 Å². The molecule has 0 spiro atoms. The molecule has 0 unspecified atom stereocenters. The molecule has 158 valence electrons. The van der Waals surface area contributed by atoms with Crippen molar-refractivity contribution in [2.24, 2.45) is 0 Å². The minimum atomic E-state index is -3.67. The lowest BCUT2D eigenvalue weighted by molar-refractivity contribution is 0.102. The number of carbonyl (C=O) groups excluding carboxylic acids is 1. The van der Waals surface area contributed by atoms with Crippen molar-refractivity contribution in [1.82, 2.24) is 9.29 Å². The Hall–Kier alpha value is -2.59. The monoisotopic (exact) mass is 515 g/mol. The standard InChI is InChI=1S/C22H18BrN3O3S2/c1-26(14-15-5-3-2-4-6-15)31(28,29)18-10-7-16(8-11-18)21(27)25-22-24-19-12-9-17(23)13-20(19)30-22/h2-13H,14H2,1H3,(H,24,25,27). The molecule has 0 saturated heterocycles. The van der Waals surface area contributed by atoms with Crippen molar-refractivity contribution in [3.8, 4) is 0 Å². The highest BCUT2D eigenvalue weighted by Gasteiger charge is 2.21. The summed E-state index contributed by atoms with van der Waals surface area (Å²) in [6.07, 6.45) is 0. The van der Waals surface area contributed by atoms with Gasteiger partial charge in [0.15, 0.2) is 5.13 Å². The first kappa shape index (κ1) is 21.6. The molecular weight excluding hydrogens is 498 g/mol. The number of anilines is 1. The highest BCUT2D eigenvalue weighted by Crippen LogP contribution is 2.29. The highest BCUT2D eigenvalue weighted by atomic mass is 79.9. The van der Waals surface area contributed by atoms with E-state index in [1.54, 1.807) is 0 Å². The molecule has 0 aliphatic rings. The molecule has 4 rings (SSSR count). The molecule has 6 nitrogen and oxygen atoms in total. The van der Waals surface area contributed by atoms with Crippen LogP contribution in [-0.4, -0.2) is 30.7 Å². The molecule has 31 heavy (non-hydrogen) atoms. The fraction of sp³-hybridized carbons (Fsp3) is 0.0909. The number of nitrogens with zero attached hydrogens (tertiary/aromatic N) is 2. The second-order valence-corrected chi connectivity index (χ2v) is 10.8. The van der Waals surface area contributed by atoms with E-state index in [1.165, 1.54) is 47.0 Å². The number of hydrogen-bond acceptors (Lipinski definition) is 5. The lowest BCUT2D eigenvalue weighted by atomic mass is 10.2. The van der Waals surface area contributed by atoms with Crippen molar-refractivity contribution in [2.75, 3.05) is 12.4 Å². The largest absolute Gasteiger partial charge is 0.298 e. The Kier molecular flexibility index (Phi) is 6.19. The number of amides is 1. The quantitative estimate of drug-likeness (QED) is 0.385. The summed E-state index contributed by atoms with van der Waals surface area (Å²) in [5.41, 5.74) is 2.05. The Morgan fingerprint density at radius 2 is 1.77 bits per heavy atom. The van der Waals surface area contributed by atoms with Crippen molar-refractivity contribution < 1.29 is 13.2 Å². The van der Waals surface area contributed by atoms with Gasteiger partial charge in [0, 0.05) is 23.6 Å². The van der Waals surface area contributed by atoms with E-state index < -0.39 is 10.0 Å². The van der Waals surface area contributed by atoms with Crippen molar-refractivity contribution in [2.45, 2.75) is 11.4 Å². The Morgan fingerprint density at radius 3 is 2.48 bits per heavy atom. The number of halogens is 1. The summed E-state index contributed by atoms with van der Waals surface area (Å²) < 4.78 is 28.9. The SMILES string of the molecule is CN(Cc1ccccc1)S(=O)(=O)c1ccc(C(=O)Nc2nc3ccc(Br)cc3s2)cc1. The van der Waals surface area contributed by atoms with Gasteiger partial charge in [-0.05, 0) is 48.0 Å². The van der Waals surface area contributed by atoms with Gasteiger partial charge in [-0.1, -0.05) is 57.6 Å². The van der Waals surface area contributed by atoms with E-state index in [4.69, 9.17) is 0 Å². The minimum Gasteiger partial charge on any atom is -0.298 e. The predicted molar refractivity (Wildman–Crippen MR) is 127 cm³/mol. The predicted octanol–water partition coefficient (Wildman–Crippen LogP) is 5.13. The Morgan fingerprint density at radius 1 is 1.06 bits per heavy atom. The molecule has 1 aromatic heterocycles. The molecule has 0 aliphatic heterocycles. The maximum Gasteiger partial charge on any atom is 0.257 e. The van der Waals surface area contributed by atoms with Gasteiger partial charge in [0.05, 0.1) is 15.1 Å². The van der Waals surface area contributed by atoms with Crippen molar-refractivity contribution in [3.05, 3.63) is 88.4 Å². The number of hydrogen-bond donors (Lipinski definition) is 1. The second kappa shape index (κ2) is 8.88. The van der Waals surface area contributed by atoms with Crippen molar-refractivity contribution in [1.29, 1.82) is 0 Å². The van der Waals surface area contributed by atoms with Crippen LogP contribution < -0.4 is 5.32 Å². The Bertz CT molecular complexity index is 1340. The van der Waals surface area contributed by atoms with Gasteiger partial charge >= 0.3 is 0 Å². The third-order valence-electron chi connectivity index (χ3n) is 4.64. The van der Waals surface area contributed by atoms with Crippen LogP contribution in [0.5, 0.6) is 0 Å². The van der Waals surface area contributed by atoms with Crippen molar-refractivity contribution >= 4 is 58.5 Å². The van der Waals surface area contributed by atoms with E-state index in [1.807, 2.05) is 48.5 Å². The van der Waals surface area contributed by atoms with Gasteiger partial charge in [0.1, 0.15) is 0 Å². The first-order chi connectivity index (χ1) is 14.8. The van der Waals surface area contributed by atoms with Gasteiger partial charge in [-0.15, -0.1) is 0 Å². The molecule has 0 saturated carbocycles. The van der Waals surface area contributed by atoms with Crippen LogP contribution in [0.3, 0.4) is 0 Å². The molecule has 0 radical (unpaired) electrons. The van der Waals surface area contributed by atoms with E-state index in [9.17, 15) is 13.2 Å². The molecule has 0 aliphatic carbocycles. The first-order valence-corrected chi connectivity index (χ1v) is 12.4. The van der Waals surface area contributed by atoms with Crippen molar-refractivity contribution in [3.63, 3.8) is 0 Å². The van der Waals surface area contributed by atoms with Crippen LogP contribution in [0.25, 0.3) is 10.2 Å². The average molecular weight is 516 g/mol. The summed E-state index contributed by atoms with van der Waals surface area (Å²) in [6, 6.07) is 21.0. The zero-order valence-electron chi connectivity index (χ0n) is 16.4. The molecule has 1 N–H and O–H groups in total. The lowest BCUT2D eigenvalue weighted by Crippen LogP contribution is -2.26.